The third-order valence-corrected chi connectivity index (χ3v) is 8.79. The van der Waals surface area contributed by atoms with Gasteiger partial charge in [0, 0.05) is 12.3 Å². The molecule has 0 amide bonds. The summed E-state index contributed by atoms with van der Waals surface area (Å²) in [6.07, 6.45) is 4.57. The van der Waals surface area contributed by atoms with E-state index in [1.54, 1.807) is 0 Å². The van der Waals surface area contributed by atoms with Crippen LogP contribution in [0.3, 0.4) is 0 Å². The van der Waals surface area contributed by atoms with Crippen LogP contribution in [0.15, 0.2) is 12.2 Å². The highest BCUT2D eigenvalue weighted by Crippen LogP contribution is 2.81. The molecule has 6 fully saturated rings. The van der Waals surface area contributed by atoms with E-state index >= 15 is 0 Å². The number of esters is 2. The second-order valence-corrected chi connectivity index (χ2v) is 9.54. The van der Waals surface area contributed by atoms with Crippen molar-refractivity contribution in [2.45, 2.75) is 56.8 Å². The van der Waals surface area contributed by atoms with Gasteiger partial charge in [-0.3, -0.25) is 9.59 Å². The van der Waals surface area contributed by atoms with Crippen molar-refractivity contribution in [2.24, 2.45) is 34.5 Å². The van der Waals surface area contributed by atoms with Crippen LogP contribution in [0.25, 0.3) is 0 Å². The maximum absolute atomic E-state index is 13.0. The van der Waals surface area contributed by atoms with Crippen LogP contribution in [0.1, 0.15) is 39.0 Å². The number of carbonyl (C=O) groups is 2. The largest absolute Gasteiger partial charge is 0.469 e. The molecule has 6 aliphatic rings. The molecule has 0 aromatic carbocycles. The van der Waals surface area contributed by atoms with Gasteiger partial charge >= 0.3 is 11.9 Å². The standard InChI is InChI=1S/C20H24O5/c1-9-6-19-7-10(9)4-5-12(19)20-14(13(19)16(21)23-3)18(2)8-11(15(20)25-20)24-17(18)22/h10-15H,1,4-8H2,2-3H3/t10-,11+,12?,13-,14?,15-,18?,19+,20+/m1/s1. The monoisotopic (exact) mass is 344 g/mol. The maximum Gasteiger partial charge on any atom is 0.312 e. The predicted molar refractivity (Wildman–Crippen MR) is 86.2 cm³/mol. The van der Waals surface area contributed by atoms with Gasteiger partial charge < -0.3 is 14.2 Å². The average molecular weight is 344 g/mol. The molecule has 4 saturated carbocycles. The highest BCUT2D eigenvalue weighted by molar-refractivity contribution is 5.84. The van der Waals surface area contributed by atoms with E-state index in [-0.39, 0.29) is 47.0 Å². The van der Waals surface area contributed by atoms with E-state index < -0.39 is 5.41 Å². The molecule has 6 rings (SSSR count). The number of carbonyl (C=O) groups excluding carboxylic acids is 2. The van der Waals surface area contributed by atoms with Gasteiger partial charge in [-0.1, -0.05) is 12.2 Å². The smallest absolute Gasteiger partial charge is 0.312 e. The average Bonchev–Trinajstić information content (AvgIpc) is 3.10. The van der Waals surface area contributed by atoms with E-state index in [0.29, 0.717) is 18.3 Å². The fourth-order valence-corrected chi connectivity index (χ4v) is 8.09. The van der Waals surface area contributed by atoms with E-state index in [0.717, 1.165) is 25.7 Å². The Morgan fingerprint density at radius 3 is 2.88 bits per heavy atom. The minimum absolute atomic E-state index is 0.0287. The molecule has 3 unspecified atom stereocenters. The van der Waals surface area contributed by atoms with Crippen molar-refractivity contribution in [1.29, 1.82) is 0 Å². The predicted octanol–water partition coefficient (Wildman–Crippen LogP) is 2.24. The number of hydrogen-bond acceptors (Lipinski definition) is 5. The van der Waals surface area contributed by atoms with Gasteiger partial charge in [0.05, 0.1) is 18.4 Å². The van der Waals surface area contributed by atoms with E-state index in [2.05, 4.69) is 6.58 Å². The molecular weight excluding hydrogens is 320 g/mol. The zero-order valence-electron chi connectivity index (χ0n) is 14.7. The summed E-state index contributed by atoms with van der Waals surface area (Å²) in [6.45, 7) is 6.31. The van der Waals surface area contributed by atoms with Crippen molar-refractivity contribution in [2.75, 3.05) is 7.11 Å². The number of hydrogen-bond donors (Lipinski definition) is 0. The van der Waals surface area contributed by atoms with Gasteiger partial charge in [-0.25, -0.2) is 0 Å². The fourth-order valence-electron chi connectivity index (χ4n) is 8.09. The number of ether oxygens (including phenoxy) is 3. The van der Waals surface area contributed by atoms with Gasteiger partial charge in [0.25, 0.3) is 0 Å². The number of epoxide rings is 1. The van der Waals surface area contributed by atoms with Crippen molar-refractivity contribution in [3.05, 3.63) is 12.2 Å². The first-order valence-electron chi connectivity index (χ1n) is 9.53. The third kappa shape index (κ3) is 1.32. The van der Waals surface area contributed by atoms with Crippen molar-refractivity contribution in [3.8, 4) is 0 Å². The Morgan fingerprint density at radius 2 is 2.12 bits per heavy atom. The molecule has 134 valence electrons. The first-order valence-corrected chi connectivity index (χ1v) is 9.53. The van der Waals surface area contributed by atoms with Gasteiger partial charge in [-0.15, -0.1) is 0 Å². The molecule has 0 aromatic rings. The summed E-state index contributed by atoms with van der Waals surface area (Å²) in [5.74, 6) is 0.0932. The lowest BCUT2D eigenvalue weighted by atomic mass is 9.60. The molecule has 2 saturated heterocycles. The van der Waals surface area contributed by atoms with Crippen LogP contribution >= 0.6 is 0 Å². The Hall–Kier alpha value is -1.36. The van der Waals surface area contributed by atoms with Crippen molar-refractivity contribution < 1.29 is 23.8 Å². The zero-order chi connectivity index (χ0) is 17.4. The highest BCUT2D eigenvalue weighted by atomic mass is 16.7. The summed E-state index contributed by atoms with van der Waals surface area (Å²) < 4.78 is 17.4. The van der Waals surface area contributed by atoms with Crippen LogP contribution in [-0.4, -0.2) is 36.9 Å². The molecular formula is C20H24O5. The fraction of sp³-hybridized carbons (Fsp3) is 0.800. The van der Waals surface area contributed by atoms with Gasteiger partial charge in [0.2, 0.25) is 0 Å². The molecule has 5 nitrogen and oxygen atoms in total. The van der Waals surface area contributed by atoms with Gasteiger partial charge in [0.1, 0.15) is 17.8 Å². The van der Waals surface area contributed by atoms with E-state index in [4.69, 9.17) is 14.2 Å². The third-order valence-electron chi connectivity index (χ3n) is 8.79. The lowest BCUT2D eigenvalue weighted by Crippen LogP contribution is -2.49. The number of methoxy groups -OCH3 is 1. The second-order valence-electron chi connectivity index (χ2n) is 9.54. The summed E-state index contributed by atoms with van der Waals surface area (Å²) in [5, 5.41) is 0. The topological polar surface area (TPSA) is 65.1 Å². The highest BCUT2D eigenvalue weighted by Gasteiger charge is 2.89. The summed E-state index contributed by atoms with van der Waals surface area (Å²) in [4.78, 5) is 25.8. The molecule has 4 aliphatic carbocycles. The lowest BCUT2D eigenvalue weighted by molar-refractivity contribution is -0.159. The van der Waals surface area contributed by atoms with Crippen LogP contribution in [0.4, 0.5) is 0 Å². The lowest BCUT2D eigenvalue weighted by Gasteiger charge is -2.40. The van der Waals surface area contributed by atoms with Crippen LogP contribution in [0, 0.1) is 34.5 Å². The van der Waals surface area contributed by atoms with E-state index in [1.807, 2.05) is 6.92 Å². The first-order chi connectivity index (χ1) is 11.9. The van der Waals surface area contributed by atoms with Crippen molar-refractivity contribution in [3.63, 3.8) is 0 Å². The first kappa shape index (κ1) is 14.8. The Labute approximate surface area is 147 Å². The number of rotatable bonds is 1. The SMILES string of the molecule is C=C1C[C@]23C[C@H]1CCC2[C@@]12O[C@@H]1[C@@H]1CC(C)(C(=O)O1)C2[C@@H]3C(=O)OC. The number of allylic oxidation sites excluding steroid dienone is 1. The molecule has 0 N–H and O–H groups in total. The molecule has 2 aliphatic heterocycles. The summed E-state index contributed by atoms with van der Waals surface area (Å²) in [5.41, 5.74) is 0.141. The van der Waals surface area contributed by atoms with Crippen molar-refractivity contribution in [1.82, 2.24) is 0 Å². The number of fused-ring (bicyclic) bond motifs is 5. The Kier molecular flexibility index (Phi) is 2.35. The van der Waals surface area contributed by atoms with Gasteiger partial charge in [-0.2, -0.15) is 0 Å². The molecule has 0 radical (unpaired) electrons. The van der Waals surface area contributed by atoms with E-state index in [9.17, 15) is 9.59 Å². The zero-order valence-corrected chi connectivity index (χ0v) is 14.7. The molecule has 2 spiro atoms. The minimum atomic E-state index is -0.637. The Bertz CT molecular complexity index is 744. The molecule has 25 heavy (non-hydrogen) atoms. The summed E-state index contributed by atoms with van der Waals surface area (Å²) in [6, 6.07) is 0. The van der Waals surface area contributed by atoms with Gasteiger partial charge in [0.15, 0.2) is 0 Å². The Morgan fingerprint density at radius 1 is 1.32 bits per heavy atom. The normalized spacial score (nSPS) is 59.8. The van der Waals surface area contributed by atoms with Gasteiger partial charge in [-0.05, 0) is 49.9 Å². The summed E-state index contributed by atoms with van der Waals surface area (Å²) in [7, 11) is 1.47. The molecule has 2 heterocycles. The minimum Gasteiger partial charge on any atom is -0.469 e. The molecule has 4 bridgehead atoms. The molecule has 0 aromatic heterocycles. The van der Waals surface area contributed by atoms with Crippen LogP contribution in [-0.2, 0) is 23.8 Å². The molecule has 9 atom stereocenters. The second kappa shape index (κ2) is 3.98. The quantitative estimate of drug-likeness (QED) is 0.415. The van der Waals surface area contributed by atoms with Crippen LogP contribution in [0.5, 0.6) is 0 Å². The Balaban J connectivity index is 1.59. The van der Waals surface area contributed by atoms with Crippen LogP contribution < -0.4 is 0 Å². The van der Waals surface area contributed by atoms with E-state index in [1.165, 1.54) is 12.7 Å². The summed E-state index contributed by atoms with van der Waals surface area (Å²) >= 11 is 0. The van der Waals surface area contributed by atoms with Crippen LogP contribution in [0.2, 0.25) is 0 Å². The maximum atomic E-state index is 13.0. The molecule has 5 heteroatoms. The van der Waals surface area contributed by atoms with Crippen molar-refractivity contribution >= 4 is 11.9 Å².